The summed E-state index contributed by atoms with van der Waals surface area (Å²) in [5.74, 6) is -4.55. The van der Waals surface area contributed by atoms with E-state index in [4.69, 9.17) is 16.3 Å². The highest BCUT2D eigenvalue weighted by atomic mass is 35.5. The fraction of sp³-hybridized carbons (Fsp3) is 0.528. The van der Waals surface area contributed by atoms with Gasteiger partial charge in [-0.25, -0.2) is 13.2 Å². The van der Waals surface area contributed by atoms with E-state index in [1.165, 1.54) is 6.07 Å². The van der Waals surface area contributed by atoms with Crippen LogP contribution in [0.2, 0.25) is 5.02 Å². The summed E-state index contributed by atoms with van der Waals surface area (Å²) < 4.78 is 51.0. The van der Waals surface area contributed by atoms with E-state index in [9.17, 15) is 28.3 Å². The normalized spacial score (nSPS) is 22.2. The highest BCUT2D eigenvalue weighted by Gasteiger charge is 2.53. The fourth-order valence-corrected chi connectivity index (χ4v) is 7.93. The van der Waals surface area contributed by atoms with Gasteiger partial charge in [0.15, 0.2) is 5.78 Å². The molecule has 1 atom stereocenters. The number of nitrogens with one attached hydrogen (secondary N) is 1. The van der Waals surface area contributed by atoms with E-state index in [1.807, 2.05) is 45.7 Å². The molecular formula is C36H43ClF3N5O5. The third-order valence-electron chi connectivity index (χ3n) is 10.3. The number of amides is 1. The van der Waals surface area contributed by atoms with Crippen LogP contribution in [0.4, 0.5) is 18.9 Å². The van der Waals surface area contributed by atoms with Crippen molar-refractivity contribution in [2.24, 2.45) is 13.0 Å². The Kier molecular flexibility index (Phi) is 11.2. The van der Waals surface area contributed by atoms with Gasteiger partial charge in [-0.2, -0.15) is 0 Å². The van der Waals surface area contributed by atoms with Gasteiger partial charge >= 0.3 is 5.97 Å². The topological polar surface area (TPSA) is 107 Å². The van der Waals surface area contributed by atoms with Crippen LogP contribution in [0, 0.1) is 11.7 Å². The summed E-state index contributed by atoms with van der Waals surface area (Å²) in [4.78, 5) is 45.2. The fourth-order valence-electron chi connectivity index (χ4n) is 7.70. The summed E-state index contributed by atoms with van der Waals surface area (Å²) in [5.41, 5.74) is 1.35. The number of rotatable bonds is 12. The van der Waals surface area contributed by atoms with Crippen LogP contribution < -0.4 is 5.32 Å². The van der Waals surface area contributed by atoms with Gasteiger partial charge in [-0.3, -0.25) is 29.1 Å². The second kappa shape index (κ2) is 15.4. The second-order valence-corrected chi connectivity index (χ2v) is 14.0. The van der Waals surface area contributed by atoms with E-state index in [0.717, 1.165) is 29.8 Å². The molecular weight excluding hydrogens is 675 g/mol. The summed E-state index contributed by atoms with van der Waals surface area (Å²) in [7, 11) is 1.83. The lowest BCUT2D eigenvalue weighted by Gasteiger charge is -2.52. The molecule has 0 bridgehead atoms. The first-order valence-electron chi connectivity index (χ1n) is 17.2. The van der Waals surface area contributed by atoms with Gasteiger partial charge in [0.1, 0.15) is 5.82 Å². The van der Waals surface area contributed by atoms with E-state index in [0.29, 0.717) is 57.4 Å². The zero-order valence-electron chi connectivity index (χ0n) is 28.1. The predicted molar refractivity (Wildman–Crippen MR) is 183 cm³/mol. The molecule has 0 radical (unpaired) electrons. The third kappa shape index (κ3) is 7.57. The molecule has 3 heterocycles. The maximum Gasteiger partial charge on any atom is 0.306 e. The lowest BCUT2D eigenvalue weighted by Crippen LogP contribution is -2.71. The minimum Gasteiger partial charge on any atom is -0.481 e. The monoisotopic (exact) mass is 717 g/mol. The number of aliphatic carboxylic acids is 1. The molecule has 0 spiro atoms. The average Bonchev–Trinajstić information content (AvgIpc) is 3.75. The SMILES string of the molecule is Cn1cc(C(=O)Nc2cc(F)c(CC(=O)C(O[C@H]3CC[C@H](C(=O)O)CC3)(N3CCCC3)N3CCN(CC(F)F)CC3)cc2Cl)c2ccccc21. The van der Waals surface area contributed by atoms with Crippen molar-refractivity contribution in [1.29, 1.82) is 0 Å². The summed E-state index contributed by atoms with van der Waals surface area (Å²) in [6.07, 6.45) is 1.74. The van der Waals surface area contributed by atoms with Crippen molar-refractivity contribution >= 4 is 45.9 Å². The number of ketones is 1. The van der Waals surface area contributed by atoms with Crippen molar-refractivity contribution in [1.82, 2.24) is 19.3 Å². The first-order valence-corrected chi connectivity index (χ1v) is 17.6. The van der Waals surface area contributed by atoms with Crippen LogP contribution in [0.3, 0.4) is 0 Å². The maximum absolute atomic E-state index is 15.9. The van der Waals surface area contributed by atoms with Gasteiger partial charge in [0, 0.05) is 69.8 Å². The van der Waals surface area contributed by atoms with Crippen molar-refractivity contribution in [3.05, 3.63) is 64.6 Å². The van der Waals surface area contributed by atoms with Crippen molar-refractivity contribution in [2.45, 2.75) is 63.3 Å². The molecule has 2 N–H and O–H groups in total. The molecule has 1 aromatic heterocycles. The number of carbonyl (C=O) groups excluding carboxylic acids is 2. The number of aryl methyl sites for hydroxylation is 1. The smallest absolute Gasteiger partial charge is 0.306 e. The molecule has 1 aliphatic carbocycles. The number of alkyl halides is 2. The predicted octanol–water partition coefficient (Wildman–Crippen LogP) is 5.63. The summed E-state index contributed by atoms with van der Waals surface area (Å²) in [6, 6.07) is 9.88. The van der Waals surface area contributed by atoms with E-state index < -0.39 is 47.8 Å². The number of anilines is 1. The zero-order valence-corrected chi connectivity index (χ0v) is 28.8. The summed E-state index contributed by atoms with van der Waals surface area (Å²) >= 11 is 6.62. The molecule has 14 heteroatoms. The number of piperazine rings is 1. The molecule has 1 amide bonds. The van der Waals surface area contributed by atoms with E-state index in [-0.39, 0.29) is 42.3 Å². The van der Waals surface area contributed by atoms with Crippen LogP contribution >= 0.6 is 11.6 Å². The van der Waals surface area contributed by atoms with Gasteiger partial charge in [-0.05, 0) is 62.3 Å². The standard InChI is InChI=1S/C36H43ClF3N5O5/c1-42-21-27(26-6-2-3-7-31(26)42)34(47)41-30-20-29(38)24(18-28(30)37)19-32(46)36(44-12-4-5-13-44,45-16-14-43(15-17-45)22-33(39)40)50-25-10-8-23(9-11-25)35(48)49/h2-3,6-7,18,20-21,23,25,33H,4-5,8-17,19,22H2,1H3,(H,41,47)(H,48,49)/t23-,25-,36?. The van der Waals surface area contributed by atoms with Crippen LogP contribution in [-0.4, -0.2) is 106 Å². The number of carboxylic acids is 1. The van der Waals surface area contributed by atoms with Gasteiger partial charge in [-0.15, -0.1) is 0 Å². The Morgan fingerprint density at radius 1 is 1.00 bits per heavy atom. The molecule has 2 saturated heterocycles. The molecule has 2 aromatic carbocycles. The van der Waals surface area contributed by atoms with Crippen molar-refractivity contribution in [3.63, 3.8) is 0 Å². The molecule has 3 aromatic rings. The molecule has 6 rings (SSSR count). The molecule has 10 nitrogen and oxygen atoms in total. The van der Waals surface area contributed by atoms with Crippen molar-refractivity contribution in [2.75, 3.05) is 51.1 Å². The Hall–Kier alpha value is -3.49. The van der Waals surface area contributed by atoms with E-state index in [1.54, 1.807) is 11.1 Å². The molecule has 3 aliphatic rings. The molecule has 1 saturated carbocycles. The van der Waals surface area contributed by atoms with Crippen molar-refractivity contribution < 1.29 is 37.4 Å². The van der Waals surface area contributed by atoms with Gasteiger partial charge < -0.3 is 19.7 Å². The Morgan fingerprint density at radius 2 is 1.66 bits per heavy atom. The van der Waals surface area contributed by atoms with Crippen LogP contribution in [0.1, 0.15) is 54.4 Å². The summed E-state index contributed by atoms with van der Waals surface area (Å²) in [5, 5.41) is 13.1. The molecule has 2 aliphatic heterocycles. The second-order valence-electron chi connectivity index (χ2n) is 13.6. The van der Waals surface area contributed by atoms with Crippen LogP contribution in [0.5, 0.6) is 0 Å². The highest BCUT2D eigenvalue weighted by molar-refractivity contribution is 6.34. The lowest BCUT2D eigenvalue weighted by atomic mass is 9.87. The number of hydrogen-bond donors (Lipinski definition) is 2. The van der Waals surface area contributed by atoms with E-state index >= 15 is 4.39 Å². The number of aromatic nitrogens is 1. The minimum atomic E-state index is -2.49. The number of Topliss-reactive ketones (excluding diaryl/α,β-unsaturated/α-hetero) is 1. The van der Waals surface area contributed by atoms with Crippen LogP contribution in [0.15, 0.2) is 42.6 Å². The molecule has 3 fully saturated rings. The largest absolute Gasteiger partial charge is 0.481 e. The average molecular weight is 718 g/mol. The highest BCUT2D eigenvalue weighted by Crippen LogP contribution is 2.37. The number of hydrogen-bond acceptors (Lipinski definition) is 7. The van der Waals surface area contributed by atoms with Crippen molar-refractivity contribution in [3.8, 4) is 0 Å². The van der Waals surface area contributed by atoms with Gasteiger partial charge in [0.25, 0.3) is 12.3 Å². The van der Waals surface area contributed by atoms with Gasteiger partial charge in [0.05, 0.1) is 34.8 Å². The van der Waals surface area contributed by atoms with Crippen LogP contribution in [-0.2, 0) is 27.8 Å². The Labute approximate surface area is 294 Å². The maximum atomic E-state index is 15.9. The first kappa shape index (κ1) is 36.3. The number of halogens is 4. The Morgan fingerprint density at radius 3 is 2.32 bits per heavy atom. The number of fused-ring (bicyclic) bond motifs is 1. The number of para-hydroxylation sites is 1. The third-order valence-corrected chi connectivity index (χ3v) is 10.6. The quantitative estimate of drug-likeness (QED) is 0.249. The van der Waals surface area contributed by atoms with Gasteiger partial charge in [-0.1, -0.05) is 29.8 Å². The number of carbonyl (C=O) groups is 3. The van der Waals surface area contributed by atoms with Crippen LogP contribution in [0.25, 0.3) is 10.9 Å². The number of benzene rings is 2. The molecule has 50 heavy (non-hydrogen) atoms. The Balaban J connectivity index is 1.27. The van der Waals surface area contributed by atoms with E-state index in [2.05, 4.69) is 5.32 Å². The Bertz CT molecular complexity index is 1720. The minimum absolute atomic E-state index is 0.0289. The number of carboxylic acid groups (broad SMARTS) is 1. The number of likely N-dealkylation sites (tertiary alicyclic amines) is 1. The first-order chi connectivity index (χ1) is 24.0. The molecule has 1 unspecified atom stereocenters. The zero-order chi connectivity index (χ0) is 35.6. The van der Waals surface area contributed by atoms with Gasteiger partial charge in [0.2, 0.25) is 5.85 Å². The summed E-state index contributed by atoms with van der Waals surface area (Å²) in [6.45, 7) is 1.89. The number of nitrogens with zero attached hydrogens (tertiary/aromatic N) is 4. The lowest BCUT2D eigenvalue weighted by molar-refractivity contribution is -0.261. The molecule has 270 valence electrons. The number of ether oxygens (including phenoxy) is 1.